The first-order valence-electron chi connectivity index (χ1n) is 22.2. The van der Waals surface area contributed by atoms with E-state index in [-0.39, 0.29) is 46.0 Å². The van der Waals surface area contributed by atoms with Crippen LogP contribution in [0.4, 0.5) is 11.4 Å². The number of carbonyl (C=O) groups excluding carboxylic acids is 2. The molecule has 3 aromatic heterocycles. The molecular formula is C54H48N4O10S2. The Bertz CT molecular complexity index is 3420. The van der Waals surface area contributed by atoms with E-state index in [1.54, 1.807) is 55.5 Å². The van der Waals surface area contributed by atoms with Crippen LogP contribution in [0.2, 0.25) is 0 Å². The number of nitrogens with zero attached hydrogens (tertiary/aromatic N) is 2. The van der Waals surface area contributed by atoms with Gasteiger partial charge in [-0.2, -0.15) is 0 Å². The third-order valence-corrected chi connectivity index (χ3v) is 12.9. The van der Waals surface area contributed by atoms with Crippen molar-refractivity contribution in [1.29, 1.82) is 0 Å². The molecule has 0 bridgehead atoms. The van der Waals surface area contributed by atoms with Crippen molar-refractivity contribution in [1.82, 2.24) is 9.97 Å². The standard InChI is InChI=1S/C26H20N2O4S.C17H17NO4.C11H11NO2S/c1-3-27-19-13-20-17(12-14(19)2)22(15-8-4-5-9-16(15)25(29)30)23(26(31)32-20)24-28-18-10-6-7-11-21(18)33-24;1-3-18-14-9-15(19)13(8-10(14)2)16(20)11-6-4-5-7-12(11)17(21)22;1-2-14-11(13)7-10-12-8-5-3-4-6-9(8)15-10/h4-13,27H,3H2,1-2H3,(H,29,30);4-9,18-19H,3H2,1-2H3,(H,21,22);3-6H,2,7H2,1H3. The van der Waals surface area contributed by atoms with Crippen LogP contribution in [0.5, 0.6) is 5.75 Å². The van der Waals surface area contributed by atoms with E-state index in [0.29, 0.717) is 40.3 Å². The minimum atomic E-state index is -1.18. The Labute approximate surface area is 409 Å². The van der Waals surface area contributed by atoms with Crippen molar-refractivity contribution in [3.05, 3.63) is 170 Å². The lowest BCUT2D eigenvalue weighted by Crippen LogP contribution is -2.10. The van der Waals surface area contributed by atoms with Crippen molar-refractivity contribution in [3.8, 4) is 27.4 Å². The molecular weight excluding hydrogens is 929 g/mol. The van der Waals surface area contributed by atoms with E-state index >= 15 is 0 Å². The third kappa shape index (κ3) is 11.0. The van der Waals surface area contributed by atoms with Crippen LogP contribution in [-0.4, -0.2) is 68.7 Å². The number of aromatic nitrogens is 2. The summed E-state index contributed by atoms with van der Waals surface area (Å²) in [4.78, 5) is 69.5. The summed E-state index contributed by atoms with van der Waals surface area (Å²) in [6, 6.07) is 34.9. The van der Waals surface area contributed by atoms with Crippen molar-refractivity contribution < 1.29 is 43.7 Å². The van der Waals surface area contributed by atoms with Crippen LogP contribution >= 0.6 is 22.7 Å². The number of benzene rings is 6. The Morgan fingerprint density at radius 3 is 1.81 bits per heavy atom. The van der Waals surface area contributed by atoms with E-state index in [9.17, 15) is 39.3 Å². The van der Waals surface area contributed by atoms with Crippen LogP contribution in [0.15, 0.2) is 131 Å². The molecule has 0 atom stereocenters. The average Bonchev–Trinajstić information content (AvgIpc) is 3.97. The summed E-state index contributed by atoms with van der Waals surface area (Å²) in [7, 11) is 0. The number of phenolic OH excluding ortho intramolecular Hbond substituents is 1. The maximum absolute atomic E-state index is 13.4. The molecule has 356 valence electrons. The molecule has 0 saturated heterocycles. The first-order chi connectivity index (χ1) is 33.7. The summed E-state index contributed by atoms with van der Waals surface area (Å²) in [6.07, 6.45) is 0.271. The summed E-state index contributed by atoms with van der Waals surface area (Å²) < 4.78 is 12.7. The fourth-order valence-electron chi connectivity index (χ4n) is 7.68. The summed E-state index contributed by atoms with van der Waals surface area (Å²) in [6.45, 7) is 11.3. The number of carbonyl (C=O) groups is 4. The number of ether oxygens (including phenoxy) is 1. The molecule has 16 heteroatoms. The topological polar surface area (TPSA) is 218 Å². The number of carboxylic acids is 2. The Balaban J connectivity index is 0.000000168. The number of esters is 1. The van der Waals surface area contributed by atoms with Crippen LogP contribution in [0.3, 0.4) is 0 Å². The van der Waals surface area contributed by atoms with Gasteiger partial charge in [-0.25, -0.2) is 24.4 Å². The summed E-state index contributed by atoms with van der Waals surface area (Å²) in [5.74, 6) is -3.14. The van der Waals surface area contributed by atoms with Crippen LogP contribution in [0.25, 0.3) is 53.1 Å². The van der Waals surface area contributed by atoms with Gasteiger partial charge in [0.25, 0.3) is 0 Å². The highest BCUT2D eigenvalue weighted by Gasteiger charge is 2.25. The lowest BCUT2D eigenvalue weighted by molar-refractivity contribution is -0.142. The number of aryl methyl sites for hydroxylation is 2. The predicted octanol–water partition coefficient (Wildman–Crippen LogP) is 11.6. The van der Waals surface area contributed by atoms with Crippen molar-refractivity contribution >= 4 is 89.1 Å². The summed E-state index contributed by atoms with van der Waals surface area (Å²) in [5.41, 5.74) is 6.33. The molecule has 0 fully saturated rings. The molecule has 0 unspecified atom stereocenters. The fraction of sp³-hybridized carbons (Fsp3) is 0.167. The number of hydrogen-bond acceptors (Lipinski definition) is 14. The smallest absolute Gasteiger partial charge is 0.347 e. The zero-order valence-corrected chi connectivity index (χ0v) is 40.4. The molecule has 3 heterocycles. The molecule has 0 radical (unpaired) electrons. The van der Waals surface area contributed by atoms with E-state index in [4.69, 9.17) is 9.15 Å². The molecule has 0 spiro atoms. The third-order valence-electron chi connectivity index (χ3n) is 10.9. The lowest BCUT2D eigenvalue weighted by Gasteiger charge is -2.15. The van der Waals surface area contributed by atoms with E-state index in [1.807, 2.05) is 82.3 Å². The first kappa shape index (κ1) is 49.7. The second-order valence-electron chi connectivity index (χ2n) is 15.6. The predicted molar refractivity (Wildman–Crippen MR) is 276 cm³/mol. The number of thiazole rings is 2. The lowest BCUT2D eigenvalue weighted by atomic mass is 9.92. The SMILES string of the molecule is CCNc1cc(O)c(C(=O)c2ccccc2C(=O)O)cc1C.CCNc1cc2oc(=O)c(-c3nc4ccccc4s3)c(-c3ccccc3C(=O)O)c2cc1C.CCOC(=O)Cc1nc2ccccc2s1. The van der Waals surface area contributed by atoms with Gasteiger partial charge in [-0.15, -0.1) is 22.7 Å². The second kappa shape index (κ2) is 22.3. The van der Waals surface area contributed by atoms with Gasteiger partial charge in [0.05, 0.1) is 50.2 Å². The first-order valence-corrected chi connectivity index (χ1v) is 23.8. The normalized spacial score (nSPS) is 10.8. The number of aromatic carboxylic acids is 2. The summed E-state index contributed by atoms with van der Waals surface area (Å²) >= 11 is 2.92. The summed E-state index contributed by atoms with van der Waals surface area (Å²) in [5, 5.41) is 37.5. The van der Waals surface area contributed by atoms with Crippen LogP contribution < -0.4 is 16.3 Å². The minimum absolute atomic E-state index is 0.0564. The molecule has 6 aromatic carbocycles. The van der Waals surface area contributed by atoms with Gasteiger partial charge in [-0.05, 0) is 99.8 Å². The maximum atomic E-state index is 13.4. The van der Waals surface area contributed by atoms with Crippen molar-refractivity contribution in [2.24, 2.45) is 0 Å². The number of fused-ring (bicyclic) bond motifs is 3. The number of nitrogens with one attached hydrogen (secondary N) is 2. The van der Waals surface area contributed by atoms with Gasteiger partial charge in [0.15, 0.2) is 5.78 Å². The Morgan fingerprint density at radius 2 is 1.20 bits per heavy atom. The van der Waals surface area contributed by atoms with Crippen LogP contribution in [-0.2, 0) is 16.0 Å². The van der Waals surface area contributed by atoms with Gasteiger partial charge in [0, 0.05) is 53.1 Å². The average molecular weight is 977 g/mol. The molecule has 0 aliphatic carbocycles. The fourth-order valence-corrected chi connectivity index (χ4v) is 9.64. The van der Waals surface area contributed by atoms with Gasteiger partial charge < -0.3 is 35.1 Å². The number of aromatic hydroxyl groups is 1. The molecule has 0 aliphatic rings. The number of phenols is 1. The van der Waals surface area contributed by atoms with Gasteiger partial charge in [-0.3, -0.25) is 9.59 Å². The number of carboxylic acid groups (broad SMARTS) is 2. The number of hydrogen-bond donors (Lipinski definition) is 5. The number of ketones is 1. The largest absolute Gasteiger partial charge is 0.507 e. The van der Waals surface area contributed by atoms with Crippen molar-refractivity contribution in [3.63, 3.8) is 0 Å². The molecule has 0 amide bonds. The van der Waals surface area contributed by atoms with Crippen molar-refractivity contribution in [2.75, 3.05) is 30.3 Å². The number of anilines is 2. The van der Waals surface area contributed by atoms with Gasteiger partial charge in [-0.1, -0.05) is 60.7 Å². The highest BCUT2D eigenvalue weighted by Crippen LogP contribution is 2.41. The zero-order chi connectivity index (χ0) is 50.1. The minimum Gasteiger partial charge on any atom is -0.507 e. The van der Waals surface area contributed by atoms with Crippen LogP contribution in [0.1, 0.15) is 73.5 Å². The van der Waals surface area contributed by atoms with Crippen molar-refractivity contribution in [2.45, 2.75) is 41.0 Å². The molecule has 9 rings (SSSR count). The molecule has 14 nitrogen and oxygen atoms in total. The highest BCUT2D eigenvalue weighted by molar-refractivity contribution is 7.21. The Kier molecular flexibility index (Phi) is 15.8. The van der Waals surface area contributed by atoms with Gasteiger partial charge >= 0.3 is 23.5 Å². The molecule has 9 aromatic rings. The molecule has 70 heavy (non-hydrogen) atoms. The molecule has 5 N–H and O–H groups in total. The van der Waals surface area contributed by atoms with E-state index in [1.165, 1.54) is 40.9 Å². The van der Waals surface area contributed by atoms with E-state index in [2.05, 4.69) is 20.6 Å². The maximum Gasteiger partial charge on any atom is 0.347 e. The second-order valence-corrected chi connectivity index (χ2v) is 17.8. The zero-order valence-electron chi connectivity index (χ0n) is 38.8. The van der Waals surface area contributed by atoms with Gasteiger partial charge in [0.2, 0.25) is 0 Å². The highest BCUT2D eigenvalue weighted by atomic mass is 32.1. The molecule has 0 aliphatic heterocycles. The Hall–Kier alpha value is -8.21. The van der Waals surface area contributed by atoms with Gasteiger partial charge in [0.1, 0.15) is 26.9 Å². The van der Waals surface area contributed by atoms with E-state index < -0.39 is 23.3 Å². The number of para-hydroxylation sites is 2. The number of rotatable bonds is 13. The monoisotopic (exact) mass is 976 g/mol. The molecule has 0 saturated carbocycles. The van der Waals surface area contributed by atoms with Crippen LogP contribution in [0, 0.1) is 13.8 Å². The Morgan fingerprint density at radius 1 is 0.643 bits per heavy atom. The van der Waals surface area contributed by atoms with E-state index in [0.717, 1.165) is 54.5 Å². The quantitative estimate of drug-likeness (QED) is 0.0412.